The Hall–Kier alpha value is -0.0800. The molecule has 2 N–H and O–H groups in total. The molecule has 1 saturated heterocycles. The van der Waals surface area contributed by atoms with Gasteiger partial charge in [-0.25, -0.2) is 0 Å². The molecule has 1 heterocycles. The molecule has 2 nitrogen and oxygen atoms in total. The minimum Gasteiger partial charge on any atom is -0.330 e. The van der Waals surface area contributed by atoms with Crippen LogP contribution in [0, 0.1) is 11.8 Å². The van der Waals surface area contributed by atoms with Crippen LogP contribution in [0.25, 0.3) is 0 Å². The lowest BCUT2D eigenvalue weighted by molar-refractivity contribution is 0.161. The van der Waals surface area contributed by atoms with E-state index in [1.165, 1.54) is 51.6 Å². The Morgan fingerprint density at radius 2 is 2.07 bits per heavy atom. The van der Waals surface area contributed by atoms with Crippen LogP contribution in [-0.4, -0.2) is 30.6 Å². The molecule has 0 spiro atoms. The van der Waals surface area contributed by atoms with Gasteiger partial charge in [-0.2, -0.15) is 0 Å². The summed E-state index contributed by atoms with van der Waals surface area (Å²) in [5, 5.41) is 0. The Morgan fingerprint density at radius 1 is 1.27 bits per heavy atom. The molecule has 2 heteroatoms. The van der Waals surface area contributed by atoms with E-state index >= 15 is 0 Å². The van der Waals surface area contributed by atoms with Crippen LogP contribution < -0.4 is 5.73 Å². The highest BCUT2D eigenvalue weighted by atomic mass is 15.2. The number of hydrogen-bond acceptors (Lipinski definition) is 2. The molecule has 1 aliphatic carbocycles. The van der Waals surface area contributed by atoms with E-state index in [9.17, 15) is 0 Å². The first-order valence-corrected chi connectivity index (χ1v) is 6.75. The van der Waals surface area contributed by atoms with Crippen LogP contribution in [0.2, 0.25) is 0 Å². The van der Waals surface area contributed by atoms with Crippen molar-refractivity contribution in [3.63, 3.8) is 0 Å². The molecule has 1 aliphatic heterocycles. The number of likely N-dealkylation sites (tertiary alicyclic amines) is 1. The zero-order valence-corrected chi connectivity index (χ0v) is 10.1. The third kappa shape index (κ3) is 2.73. The first-order valence-electron chi connectivity index (χ1n) is 6.75. The molecule has 0 bridgehead atoms. The van der Waals surface area contributed by atoms with Gasteiger partial charge >= 0.3 is 0 Å². The molecule has 88 valence electrons. The summed E-state index contributed by atoms with van der Waals surface area (Å²) in [5.74, 6) is 1.82. The van der Waals surface area contributed by atoms with Gasteiger partial charge in [-0.1, -0.05) is 19.8 Å². The van der Waals surface area contributed by atoms with Gasteiger partial charge in [0.05, 0.1) is 0 Å². The van der Waals surface area contributed by atoms with Crippen LogP contribution in [0.3, 0.4) is 0 Å². The van der Waals surface area contributed by atoms with E-state index in [1.807, 2.05) is 0 Å². The topological polar surface area (TPSA) is 29.3 Å². The first kappa shape index (κ1) is 11.4. The van der Waals surface area contributed by atoms with Crippen molar-refractivity contribution >= 4 is 0 Å². The van der Waals surface area contributed by atoms with Crippen molar-refractivity contribution in [2.24, 2.45) is 17.6 Å². The summed E-state index contributed by atoms with van der Waals surface area (Å²) in [7, 11) is 0. The maximum Gasteiger partial charge on any atom is 0.0124 e. The summed E-state index contributed by atoms with van der Waals surface area (Å²) >= 11 is 0. The van der Waals surface area contributed by atoms with Crippen molar-refractivity contribution < 1.29 is 0 Å². The fraction of sp³-hybridized carbons (Fsp3) is 1.00. The second-order valence-electron chi connectivity index (χ2n) is 5.58. The molecule has 0 aromatic rings. The Balaban J connectivity index is 1.82. The number of nitrogens with two attached hydrogens (primary N) is 1. The van der Waals surface area contributed by atoms with E-state index in [4.69, 9.17) is 5.73 Å². The van der Waals surface area contributed by atoms with Crippen LogP contribution in [0.1, 0.15) is 45.4 Å². The molecule has 15 heavy (non-hydrogen) atoms. The molecular formula is C13H26N2. The van der Waals surface area contributed by atoms with Gasteiger partial charge < -0.3 is 5.73 Å². The van der Waals surface area contributed by atoms with Crippen LogP contribution in [0.4, 0.5) is 0 Å². The second kappa shape index (κ2) is 5.31. The average molecular weight is 210 g/mol. The summed E-state index contributed by atoms with van der Waals surface area (Å²) < 4.78 is 0. The van der Waals surface area contributed by atoms with Crippen molar-refractivity contribution in [3.05, 3.63) is 0 Å². The van der Waals surface area contributed by atoms with Gasteiger partial charge in [-0.3, -0.25) is 4.90 Å². The van der Waals surface area contributed by atoms with E-state index in [0.29, 0.717) is 0 Å². The highest BCUT2D eigenvalue weighted by Gasteiger charge is 2.35. The molecule has 1 saturated carbocycles. The Morgan fingerprint density at radius 3 is 2.87 bits per heavy atom. The van der Waals surface area contributed by atoms with Gasteiger partial charge in [0.2, 0.25) is 0 Å². The van der Waals surface area contributed by atoms with Crippen molar-refractivity contribution in [3.8, 4) is 0 Å². The normalized spacial score (nSPS) is 34.0. The number of hydrogen-bond donors (Lipinski definition) is 1. The number of nitrogens with zero attached hydrogens (tertiary/aromatic N) is 1. The van der Waals surface area contributed by atoms with Crippen molar-refractivity contribution in [2.75, 3.05) is 19.6 Å². The van der Waals surface area contributed by atoms with E-state index < -0.39 is 0 Å². The number of rotatable bonds is 4. The molecule has 0 radical (unpaired) electrons. The molecule has 0 amide bonds. The molecule has 0 aromatic carbocycles. The molecule has 2 aliphatic rings. The predicted octanol–water partition coefficient (Wildman–Crippen LogP) is 2.24. The van der Waals surface area contributed by atoms with Gasteiger partial charge in [-0.05, 0) is 50.6 Å². The Bertz CT molecular complexity index is 193. The lowest BCUT2D eigenvalue weighted by Crippen LogP contribution is -2.37. The van der Waals surface area contributed by atoms with Crippen molar-refractivity contribution in [1.29, 1.82) is 0 Å². The standard InChI is InChI=1S/C13H26N2/c1-11(6-8-14)10-15-9-7-12-4-2-3-5-13(12)15/h11-13H,2-10,14H2,1H3. The Labute approximate surface area is 94.2 Å². The third-order valence-corrected chi connectivity index (χ3v) is 4.33. The van der Waals surface area contributed by atoms with E-state index in [1.54, 1.807) is 0 Å². The van der Waals surface area contributed by atoms with Crippen LogP contribution >= 0.6 is 0 Å². The zero-order chi connectivity index (χ0) is 10.7. The largest absolute Gasteiger partial charge is 0.330 e. The number of fused-ring (bicyclic) bond motifs is 1. The Kier molecular flexibility index (Phi) is 4.04. The summed E-state index contributed by atoms with van der Waals surface area (Å²) in [4.78, 5) is 2.75. The average Bonchev–Trinajstić information content (AvgIpc) is 2.62. The molecule has 3 unspecified atom stereocenters. The minimum atomic E-state index is 0.788. The van der Waals surface area contributed by atoms with Gasteiger partial charge in [0.1, 0.15) is 0 Å². The van der Waals surface area contributed by atoms with Gasteiger partial charge in [0, 0.05) is 12.6 Å². The summed E-state index contributed by atoms with van der Waals surface area (Å²) in [6.45, 7) is 5.84. The molecule has 3 atom stereocenters. The van der Waals surface area contributed by atoms with Crippen LogP contribution in [-0.2, 0) is 0 Å². The van der Waals surface area contributed by atoms with E-state index in [0.717, 1.165) is 24.4 Å². The van der Waals surface area contributed by atoms with Gasteiger partial charge in [0.15, 0.2) is 0 Å². The van der Waals surface area contributed by atoms with Crippen molar-refractivity contribution in [1.82, 2.24) is 4.90 Å². The molecular weight excluding hydrogens is 184 g/mol. The van der Waals surface area contributed by atoms with Crippen LogP contribution in [0.15, 0.2) is 0 Å². The second-order valence-corrected chi connectivity index (χ2v) is 5.58. The quantitative estimate of drug-likeness (QED) is 0.771. The molecule has 2 fully saturated rings. The summed E-state index contributed by atoms with van der Waals surface area (Å²) in [6.07, 6.45) is 8.54. The van der Waals surface area contributed by atoms with Gasteiger partial charge in [0.25, 0.3) is 0 Å². The van der Waals surface area contributed by atoms with Crippen LogP contribution in [0.5, 0.6) is 0 Å². The monoisotopic (exact) mass is 210 g/mol. The lowest BCUT2D eigenvalue weighted by atomic mass is 9.85. The molecule has 2 rings (SSSR count). The predicted molar refractivity (Wildman–Crippen MR) is 64.8 cm³/mol. The maximum absolute atomic E-state index is 5.62. The summed E-state index contributed by atoms with van der Waals surface area (Å²) in [5.41, 5.74) is 5.62. The minimum absolute atomic E-state index is 0.788. The third-order valence-electron chi connectivity index (χ3n) is 4.33. The highest BCUT2D eigenvalue weighted by Crippen LogP contribution is 2.36. The fourth-order valence-electron chi connectivity index (χ4n) is 3.51. The molecule has 0 aromatic heterocycles. The van der Waals surface area contributed by atoms with Gasteiger partial charge in [-0.15, -0.1) is 0 Å². The lowest BCUT2D eigenvalue weighted by Gasteiger charge is -2.33. The summed E-state index contributed by atoms with van der Waals surface area (Å²) in [6, 6.07) is 0.930. The smallest absolute Gasteiger partial charge is 0.0124 e. The SMILES string of the molecule is CC(CCN)CN1CCC2CCCCC21. The highest BCUT2D eigenvalue weighted by molar-refractivity contribution is 4.90. The maximum atomic E-state index is 5.62. The van der Waals surface area contributed by atoms with E-state index in [2.05, 4.69) is 11.8 Å². The first-order chi connectivity index (χ1) is 7.31. The van der Waals surface area contributed by atoms with E-state index in [-0.39, 0.29) is 0 Å². The fourth-order valence-corrected chi connectivity index (χ4v) is 3.51. The zero-order valence-electron chi connectivity index (χ0n) is 10.1. The van der Waals surface area contributed by atoms with Crippen molar-refractivity contribution in [2.45, 2.75) is 51.5 Å².